The normalized spacial score (nSPS) is 25.3. The van der Waals surface area contributed by atoms with Crippen molar-refractivity contribution in [1.82, 2.24) is 15.5 Å². The lowest BCUT2D eigenvalue weighted by atomic mass is 9.85. The molecule has 0 radical (unpaired) electrons. The minimum Gasteiger partial charge on any atom is -0.480 e. The van der Waals surface area contributed by atoms with E-state index >= 15 is 0 Å². The number of fused-ring (bicyclic) bond motifs is 1. The van der Waals surface area contributed by atoms with Gasteiger partial charge in [0.2, 0.25) is 18.2 Å². The van der Waals surface area contributed by atoms with Crippen LogP contribution in [0.1, 0.15) is 61.8 Å². The molecule has 11 heteroatoms. The third-order valence-corrected chi connectivity index (χ3v) is 6.56. The number of nitrogens with one attached hydrogen (secondary N) is 2. The summed E-state index contributed by atoms with van der Waals surface area (Å²) in [6.45, 7) is 14.5. The van der Waals surface area contributed by atoms with Crippen molar-refractivity contribution in [3.05, 3.63) is 0 Å². The molecule has 0 aromatic heterocycles. The fourth-order valence-electron chi connectivity index (χ4n) is 4.71. The van der Waals surface area contributed by atoms with E-state index in [4.69, 9.17) is 4.74 Å². The maximum absolute atomic E-state index is 13.6. The highest BCUT2D eigenvalue weighted by molar-refractivity contribution is 5.94. The fourth-order valence-corrected chi connectivity index (χ4v) is 4.71. The Bertz CT molecular complexity index is 834. The van der Waals surface area contributed by atoms with Crippen molar-refractivity contribution in [1.29, 1.82) is 0 Å². The Kier molecular flexibility index (Phi) is 7.60. The van der Waals surface area contributed by atoms with Gasteiger partial charge in [-0.3, -0.25) is 9.59 Å². The molecule has 0 aromatic carbocycles. The van der Waals surface area contributed by atoms with Crippen LogP contribution in [0.5, 0.6) is 0 Å². The molecule has 1 saturated carbocycles. The number of likely N-dealkylation sites (tertiary alicyclic amines) is 1. The summed E-state index contributed by atoms with van der Waals surface area (Å²) in [5, 5.41) is 14.1. The first-order chi connectivity index (χ1) is 15.3. The summed E-state index contributed by atoms with van der Waals surface area (Å²) in [5.74, 6) is -3.13. The van der Waals surface area contributed by atoms with Gasteiger partial charge >= 0.3 is 12.1 Å². The highest BCUT2D eigenvalue weighted by Crippen LogP contribution is 2.65. The van der Waals surface area contributed by atoms with Gasteiger partial charge in [0, 0.05) is 13.0 Å². The SMILES string of the molecule is CC(C)(C)OC(=O)N[C@H](C(=O)N1C[C@H]2[C@@H]([C@H]1C(=O)N[C@@H](CC(F)F)C(=O)O)C2(C)C)C(C)(C)C. The quantitative estimate of drug-likeness (QED) is 0.505. The smallest absolute Gasteiger partial charge is 0.408 e. The molecule has 1 heterocycles. The average molecular weight is 490 g/mol. The van der Waals surface area contributed by atoms with Crippen LogP contribution in [0.15, 0.2) is 0 Å². The number of alkyl halides is 2. The fraction of sp³-hybridized carbons (Fsp3) is 0.826. The van der Waals surface area contributed by atoms with E-state index in [1.165, 1.54) is 4.90 Å². The number of rotatable bonds is 7. The van der Waals surface area contributed by atoms with Crippen LogP contribution >= 0.6 is 0 Å². The van der Waals surface area contributed by atoms with Crippen LogP contribution in [0.2, 0.25) is 0 Å². The predicted molar refractivity (Wildman–Crippen MR) is 119 cm³/mol. The van der Waals surface area contributed by atoms with Crippen LogP contribution in [-0.2, 0) is 19.1 Å². The number of piperidine rings is 1. The zero-order valence-electron chi connectivity index (χ0n) is 21.1. The highest BCUT2D eigenvalue weighted by Gasteiger charge is 2.69. The molecule has 3 amide bonds. The Morgan fingerprint density at radius 1 is 1.09 bits per heavy atom. The van der Waals surface area contributed by atoms with E-state index in [-0.39, 0.29) is 23.8 Å². The molecular weight excluding hydrogens is 452 g/mol. The lowest BCUT2D eigenvalue weighted by Crippen LogP contribution is -2.60. The second-order valence-electron chi connectivity index (χ2n) is 11.9. The van der Waals surface area contributed by atoms with Gasteiger partial charge in [0.1, 0.15) is 23.7 Å². The minimum atomic E-state index is -2.92. The van der Waals surface area contributed by atoms with Gasteiger partial charge in [0.15, 0.2) is 0 Å². The number of carboxylic acid groups (broad SMARTS) is 1. The maximum Gasteiger partial charge on any atom is 0.408 e. The van der Waals surface area contributed by atoms with Gasteiger partial charge in [-0.2, -0.15) is 0 Å². The average Bonchev–Trinajstić information content (AvgIpc) is 2.98. The van der Waals surface area contributed by atoms with Gasteiger partial charge in [-0.25, -0.2) is 18.4 Å². The summed E-state index contributed by atoms with van der Waals surface area (Å²) in [6, 6.07) is -3.84. The number of nitrogens with zero attached hydrogens (tertiary/aromatic N) is 1. The van der Waals surface area contributed by atoms with Gasteiger partial charge < -0.3 is 25.4 Å². The van der Waals surface area contributed by atoms with Crippen molar-refractivity contribution in [2.45, 2.75) is 92.0 Å². The van der Waals surface area contributed by atoms with Crippen molar-refractivity contribution in [2.24, 2.45) is 22.7 Å². The summed E-state index contributed by atoms with van der Waals surface area (Å²) in [4.78, 5) is 51.9. The van der Waals surface area contributed by atoms with E-state index in [0.29, 0.717) is 0 Å². The Hall–Kier alpha value is -2.46. The first-order valence-corrected chi connectivity index (χ1v) is 11.4. The summed E-state index contributed by atoms with van der Waals surface area (Å²) >= 11 is 0. The Morgan fingerprint density at radius 3 is 2.09 bits per heavy atom. The first-order valence-electron chi connectivity index (χ1n) is 11.4. The molecule has 1 saturated heterocycles. The summed E-state index contributed by atoms with van der Waals surface area (Å²) in [5.41, 5.74) is -1.79. The van der Waals surface area contributed by atoms with Crippen molar-refractivity contribution in [3.63, 3.8) is 0 Å². The molecule has 2 fully saturated rings. The third kappa shape index (κ3) is 6.15. The van der Waals surface area contributed by atoms with Crippen LogP contribution in [0.25, 0.3) is 0 Å². The molecule has 34 heavy (non-hydrogen) atoms. The van der Waals surface area contributed by atoms with Gasteiger partial charge in [-0.1, -0.05) is 34.6 Å². The van der Waals surface area contributed by atoms with Crippen molar-refractivity contribution in [2.75, 3.05) is 6.54 Å². The molecule has 5 atom stereocenters. The van der Waals surface area contributed by atoms with E-state index < -0.39 is 65.9 Å². The molecule has 0 spiro atoms. The first kappa shape index (κ1) is 27.8. The summed E-state index contributed by atoms with van der Waals surface area (Å²) in [6.07, 6.45) is -4.74. The van der Waals surface area contributed by atoms with E-state index in [1.807, 2.05) is 13.8 Å². The van der Waals surface area contributed by atoms with Crippen LogP contribution in [0, 0.1) is 22.7 Å². The number of hydrogen-bond acceptors (Lipinski definition) is 5. The molecule has 3 N–H and O–H groups in total. The predicted octanol–water partition coefficient (Wildman–Crippen LogP) is 2.63. The zero-order chi connectivity index (χ0) is 26.4. The number of carbonyl (C=O) groups is 4. The van der Waals surface area contributed by atoms with E-state index in [1.54, 1.807) is 41.5 Å². The number of halogens is 2. The summed E-state index contributed by atoms with van der Waals surface area (Å²) in [7, 11) is 0. The van der Waals surface area contributed by atoms with Gasteiger partial charge in [0.05, 0.1) is 0 Å². The molecule has 9 nitrogen and oxygen atoms in total. The molecule has 2 aliphatic rings. The Morgan fingerprint density at radius 2 is 1.65 bits per heavy atom. The van der Waals surface area contributed by atoms with Crippen molar-refractivity contribution < 1.29 is 37.8 Å². The number of alkyl carbamates (subject to hydrolysis) is 1. The van der Waals surface area contributed by atoms with Gasteiger partial charge in [-0.05, 0) is 43.4 Å². The Balaban J connectivity index is 2.29. The molecule has 0 bridgehead atoms. The van der Waals surface area contributed by atoms with Crippen LogP contribution < -0.4 is 10.6 Å². The topological polar surface area (TPSA) is 125 Å². The molecular formula is C23H37F2N3O6. The maximum atomic E-state index is 13.6. The van der Waals surface area contributed by atoms with E-state index in [9.17, 15) is 33.1 Å². The molecule has 1 aliphatic heterocycles. The molecule has 1 aliphatic carbocycles. The number of carbonyl (C=O) groups excluding carboxylic acids is 3. The standard InChI is InChI=1S/C23H37F2N3O6/c1-21(2,3)16(27-20(33)34-22(4,5)6)18(30)28-10-11-14(23(11,7)8)15(28)17(29)26-12(19(31)32)9-13(24)25/h11-16H,9-10H2,1-8H3,(H,26,29)(H,27,33)(H,31,32)/t11-,12-,14-,15-,16+/m0/s1. The number of amides is 3. The lowest BCUT2D eigenvalue weighted by Gasteiger charge is -2.38. The minimum absolute atomic E-state index is 0.00674. The van der Waals surface area contributed by atoms with Crippen LogP contribution in [0.4, 0.5) is 13.6 Å². The number of ether oxygens (including phenoxy) is 1. The van der Waals surface area contributed by atoms with Gasteiger partial charge in [0.25, 0.3) is 0 Å². The number of hydrogen-bond donors (Lipinski definition) is 3. The van der Waals surface area contributed by atoms with E-state index in [0.717, 1.165) is 0 Å². The van der Waals surface area contributed by atoms with Crippen LogP contribution in [-0.4, -0.2) is 70.6 Å². The monoisotopic (exact) mass is 489 g/mol. The third-order valence-electron chi connectivity index (χ3n) is 6.56. The molecule has 0 unspecified atom stereocenters. The summed E-state index contributed by atoms with van der Waals surface area (Å²) < 4.78 is 31.0. The molecule has 2 rings (SSSR count). The zero-order valence-corrected chi connectivity index (χ0v) is 21.1. The van der Waals surface area contributed by atoms with Crippen molar-refractivity contribution in [3.8, 4) is 0 Å². The number of carboxylic acids is 1. The second kappa shape index (κ2) is 9.30. The van der Waals surface area contributed by atoms with Gasteiger partial charge in [-0.15, -0.1) is 0 Å². The second-order valence-corrected chi connectivity index (χ2v) is 11.9. The highest BCUT2D eigenvalue weighted by atomic mass is 19.3. The van der Waals surface area contributed by atoms with Crippen LogP contribution in [0.3, 0.4) is 0 Å². The van der Waals surface area contributed by atoms with E-state index in [2.05, 4.69) is 10.6 Å². The molecule has 0 aromatic rings. The van der Waals surface area contributed by atoms with Crippen molar-refractivity contribution >= 4 is 23.9 Å². The number of aliphatic carboxylic acids is 1. The lowest BCUT2D eigenvalue weighted by molar-refractivity contribution is -0.147. The largest absolute Gasteiger partial charge is 0.480 e. The molecule has 194 valence electrons. The Labute approximate surface area is 199 Å².